The van der Waals surface area contributed by atoms with Crippen molar-refractivity contribution in [1.29, 1.82) is 0 Å². The second-order valence-electron chi connectivity index (χ2n) is 12.4. The van der Waals surface area contributed by atoms with E-state index in [-0.39, 0.29) is 11.5 Å². The molecule has 3 saturated heterocycles. The summed E-state index contributed by atoms with van der Waals surface area (Å²) in [6.45, 7) is 11.3. The number of hydrogen-bond donors (Lipinski definition) is 6. The average Bonchev–Trinajstić information content (AvgIpc) is 3.07. The van der Waals surface area contributed by atoms with Crippen molar-refractivity contribution in [2.24, 2.45) is 0 Å². The van der Waals surface area contributed by atoms with Gasteiger partial charge in [0.2, 0.25) is 12.3 Å². The highest BCUT2D eigenvalue weighted by atomic mass is 19.4. The third-order valence-electron chi connectivity index (χ3n) is 8.98. The van der Waals surface area contributed by atoms with Crippen molar-refractivity contribution in [1.82, 2.24) is 30.7 Å². The molecule has 0 aliphatic carbocycles. The number of aryl methyl sites for hydroxylation is 1. The van der Waals surface area contributed by atoms with Crippen LogP contribution < -0.4 is 21.3 Å². The number of alkyl halides is 3. The van der Waals surface area contributed by atoms with E-state index in [0.717, 1.165) is 115 Å². The third kappa shape index (κ3) is 11.0. The molecule has 3 aliphatic heterocycles. The van der Waals surface area contributed by atoms with Gasteiger partial charge in [-0.25, -0.2) is 0 Å². The van der Waals surface area contributed by atoms with E-state index in [4.69, 9.17) is 10.2 Å². The molecule has 5 rings (SSSR count). The quantitative estimate of drug-likeness (QED) is 0.168. The molecule has 3 fully saturated rings. The van der Waals surface area contributed by atoms with Gasteiger partial charge in [-0.2, -0.15) is 13.2 Å². The zero-order valence-electron chi connectivity index (χ0n) is 27.0. The lowest BCUT2D eigenvalue weighted by Gasteiger charge is -2.40. The summed E-state index contributed by atoms with van der Waals surface area (Å²) in [5, 5.41) is 31.0. The van der Waals surface area contributed by atoms with E-state index in [1.165, 1.54) is 6.92 Å². The lowest BCUT2D eigenvalue weighted by molar-refractivity contribution is -0.139. The maximum atomic E-state index is 12.7. The third-order valence-corrected chi connectivity index (χ3v) is 8.98. The van der Waals surface area contributed by atoms with Gasteiger partial charge < -0.3 is 31.1 Å². The first-order valence-electron chi connectivity index (χ1n) is 16.3. The SMILES string of the molecule is Cc1cc(O)c(O)c(C(F)(F)F)c1.O=CNCc1ccccc1NC1CCN(CNCC(=O)N2CCC(N3CCNCC3)CC2)CC1. The van der Waals surface area contributed by atoms with E-state index < -0.39 is 23.2 Å². The largest absolute Gasteiger partial charge is 0.504 e. The lowest BCUT2D eigenvalue weighted by atomic mass is 10.0. The van der Waals surface area contributed by atoms with Crippen LogP contribution in [-0.4, -0.2) is 115 Å². The number of nitrogens with one attached hydrogen (secondary N) is 4. The van der Waals surface area contributed by atoms with Gasteiger partial charge in [-0.15, -0.1) is 0 Å². The Balaban J connectivity index is 0.000000323. The predicted molar refractivity (Wildman–Crippen MR) is 174 cm³/mol. The number of carbonyl (C=O) groups excluding carboxylic acids is 2. The molecular formula is C33H48F3N7O4. The topological polar surface area (TPSA) is 132 Å². The first-order chi connectivity index (χ1) is 22.5. The molecule has 2 aromatic carbocycles. The summed E-state index contributed by atoms with van der Waals surface area (Å²) < 4.78 is 36.4. The van der Waals surface area contributed by atoms with Crippen molar-refractivity contribution in [3.8, 4) is 11.5 Å². The fraction of sp³-hybridized carbons (Fsp3) is 0.576. The Morgan fingerprint density at radius 3 is 2.34 bits per heavy atom. The Morgan fingerprint density at radius 1 is 1.00 bits per heavy atom. The molecule has 2 aromatic rings. The number of piperazine rings is 1. The van der Waals surface area contributed by atoms with Crippen LogP contribution in [0.3, 0.4) is 0 Å². The molecule has 0 spiro atoms. The molecule has 0 radical (unpaired) electrons. The van der Waals surface area contributed by atoms with Crippen LogP contribution in [0, 0.1) is 6.92 Å². The number of para-hydroxylation sites is 1. The first-order valence-corrected chi connectivity index (χ1v) is 16.3. The van der Waals surface area contributed by atoms with Crippen molar-refractivity contribution in [2.45, 2.75) is 57.4 Å². The lowest BCUT2D eigenvalue weighted by Crippen LogP contribution is -2.53. The zero-order chi connectivity index (χ0) is 33.8. The maximum absolute atomic E-state index is 12.7. The Morgan fingerprint density at radius 2 is 1.68 bits per heavy atom. The smallest absolute Gasteiger partial charge is 0.420 e. The van der Waals surface area contributed by atoms with Crippen molar-refractivity contribution in [3.05, 3.63) is 53.1 Å². The number of benzene rings is 2. The molecular weight excluding hydrogens is 615 g/mol. The summed E-state index contributed by atoms with van der Waals surface area (Å²) in [6.07, 6.45) is 0.409. The summed E-state index contributed by atoms with van der Waals surface area (Å²) in [5.74, 6) is -1.65. The predicted octanol–water partition coefficient (Wildman–Crippen LogP) is 2.68. The van der Waals surface area contributed by atoms with Crippen molar-refractivity contribution >= 4 is 18.0 Å². The number of likely N-dealkylation sites (tertiary alicyclic amines) is 2. The van der Waals surface area contributed by atoms with Crippen LogP contribution in [0.15, 0.2) is 36.4 Å². The van der Waals surface area contributed by atoms with Gasteiger partial charge in [-0.3, -0.25) is 24.7 Å². The van der Waals surface area contributed by atoms with Crippen LogP contribution in [0.2, 0.25) is 0 Å². The molecule has 6 N–H and O–H groups in total. The number of halogens is 3. The fourth-order valence-corrected chi connectivity index (χ4v) is 6.36. The molecule has 3 aliphatic rings. The minimum absolute atomic E-state index is 0.232. The first kappa shape index (κ1) is 36.2. The number of rotatable bonds is 10. The van der Waals surface area contributed by atoms with Gasteiger partial charge in [-0.05, 0) is 61.9 Å². The summed E-state index contributed by atoms with van der Waals surface area (Å²) >= 11 is 0. The Kier molecular flexibility index (Phi) is 13.5. The maximum Gasteiger partial charge on any atom is 0.420 e. The molecule has 0 aromatic heterocycles. The van der Waals surface area contributed by atoms with Gasteiger partial charge in [0.1, 0.15) is 5.56 Å². The van der Waals surface area contributed by atoms with Gasteiger partial charge in [0.25, 0.3) is 0 Å². The zero-order valence-corrected chi connectivity index (χ0v) is 27.0. The molecule has 0 atom stereocenters. The van der Waals surface area contributed by atoms with E-state index in [1.54, 1.807) is 0 Å². The van der Waals surface area contributed by atoms with Gasteiger partial charge in [-0.1, -0.05) is 18.2 Å². The highest BCUT2D eigenvalue weighted by Crippen LogP contribution is 2.41. The van der Waals surface area contributed by atoms with Gasteiger partial charge >= 0.3 is 6.18 Å². The summed E-state index contributed by atoms with van der Waals surface area (Å²) in [7, 11) is 0. The number of phenolic OH excluding ortho intramolecular Hbond substituents is 2. The summed E-state index contributed by atoms with van der Waals surface area (Å²) in [6, 6.07) is 11.0. The standard InChI is InChI=1S/C25H41N7O2.C8H7F3O2/c33-20-28-17-21-3-1-2-4-24(21)29-22-5-11-30(12-6-22)19-27-18-25(34)32-13-7-23(8-14-32)31-15-9-26-10-16-31;1-4-2-5(8(9,10)11)7(13)6(12)3-4/h1-4,20,22-23,26-27,29H,5-19H2,(H,28,33);2-3,12-13H,1H3. The molecule has 11 nitrogen and oxygen atoms in total. The van der Waals surface area contributed by atoms with Crippen LogP contribution in [0.1, 0.15) is 42.4 Å². The molecule has 0 saturated carbocycles. The Hall–Kier alpha value is -3.59. The summed E-state index contributed by atoms with van der Waals surface area (Å²) in [4.78, 5) is 30.3. The molecule has 260 valence electrons. The van der Waals surface area contributed by atoms with E-state index in [1.807, 2.05) is 23.1 Å². The Bertz CT molecular complexity index is 1290. The highest BCUT2D eigenvalue weighted by Gasteiger charge is 2.35. The number of carbonyl (C=O) groups is 2. The second kappa shape index (κ2) is 17.5. The van der Waals surface area contributed by atoms with E-state index in [0.29, 0.717) is 25.2 Å². The number of nitrogens with zero attached hydrogens (tertiary/aromatic N) is 3. The number of aromatic hydroxyl groups is 2. The van der Waals surface area contributed by atoms with Gasteiger partial charge in [0.05, 0.1) is 6.54 Å². The van der Waals surface area contributed by atoms with Crippen molar-refractivity contribution in [3.63, 3.8) is 0 Å². The van der Waals surface area contributed by atoms with E-state index >= 15 is 0 Å². The molecule has 14 heteroatoms. The molecule has 47 heavy (non-hydrogen) atoms. The van der Waals surface area contributed by atoms with Crippen molar-refractivity contribution in [2.75, 3.05) is 70.9 Å². The Labute approximate surface area is 274 Å². The second-order valence-corrected chi connectivity index (χ2v) is 12.4. The number of anilines is 1. The van der Waals surface area contributed by atoms with Crippen LogP contribution in [0.25, 0.3) is 0 Å². The van der Waals surface area contributed by atoms with E-state index in [2.05, 4.69) is 37.1 Å². The molecule has 0 bridgehead atoms. The molecule has 2 amide bonds. The molecule has 3 heterocycles. The van der Waals surface area contributed by atoms with Crippen LogP contribution in [0.5, 0.6) is 11.5 Å². The number of hydrogen-bond acceptors (Lipinski definition) is 9. The number of amides is 2. The average molecular weight is 664 g/mol. The monoisotopic (exact) mass is 663 g/mol. The number of piperidine rings is 2. The normalized spacial score (nSPS) is 18.7. The van der Waals surface area contributed by atoms with Crippen LogP contribution >= 0.6 is 0 Å². The number of phenols is 2. The van der Waals surface area contributed by atoms with E-state index in [9.17, 15) is 22.8 Å². The molecule has 0 unspecified atom stereocenters. The highest BCUT2D eigenvalue weighted by molar-refractivity contribution is 5.78. The minimum atomic E-state index is -4.65. The minimum Gasteiger partial charge on any atom is -0.504 e. The van der Waals surface area contributed by atoms with Gasteiger partial charge in [0, 0.05) is 83.3 Å². The summed E-state index contributed by atoms with van der Waals surface area (Å²) in [5.41, 5.74) is 1.22. The van der Waals surface area contributed by atoms with Crippen LogP contribution in [-0.2, 0) is 22.3 Å². The van der Waals surface area contributed by atoms with Crippen LogP contribution in [0.4, 0.5) is 18.9 Å². The van der Waals surface area contributed by atoms with Crippen molar-refractivity contribution < 1.29 is 33.0 Å². The fourth-order valence-electron chi connectivity index (χ4n) is 6.36. The van der Waals surface area contributed by atoms with Gasteiger partial charge in [0.15, 0.2) is 11.5 Å².